The lowest BCUT2D eigenvalue weighted by molar-refractivity contribution is -0.187. The molecule has 43 heavy (non-hydrogen) atoms. The van der Waals surface area contributed by atoms with Crippen molar-refractivity contribution in [3.05, 3.63) is 84.4 Å². The molecule has 2 aliphatic rings. The highest BCUT2D eigenvalue weighted by Gasteiger charge is 2.50. The van der Waals surface area contributed by atoms with Crippen LogP contribution in [-0.4, -0.2) is 103 Å². The number of nitrogens with one attached hydrogen (secondary N) is 2. The summed E-state index contributed by atoms with van der Waals surface area (Å²) in [6, 6.07) is 19.1. The van der Waals surface area contributed by atoms with Crippen molar-refractivity contribution < 1.29 is 23.9 Å². The molecular weight excluding hydrogens is 548 g/mol. The van der Waals surface area contributed by atoms with Crippen molar-refractivity contribution in [3.63, 3.8) is 0 Å². The molecule has 4 rings (SSSR count). The van der Waals surface area contributed by atoms with Crippen LogP contribution in [0.1, 0.15) is 30.4 Å². The zero-order valence-electron chi connectivity index (χ0n) is 25.2. The van der Waals surface area contributed by atoms with E-state index in [4.69, 9.17) is 0 Å². The fourth-order valence-corrected chi connectivity index (χ4v) is 5.34. The highest BCUT2D eigenvalue weighted by Crippen LogP contribution is 2.28. The van der Waals surface area contributed by atoms with Crippen LogP contribution in [-0.2, 0) is 32.1 Å². The minimum atomic E-state index is -0.575. The topological polar surface area (TPSA) is 115 Å². The van der Waals surface area contributed by atoms with Crippen molar-refractivity contribution in [3.8, 4) is 0 Å². The van der Waals surface area contributed by atoms with Gasteiger partial charge >= 0.3 is 6.03 Å². The molecule has 2 atom stereocenters. The third kappa shape index (κ3) is 9.65. The fourth-order valence-electron chi connectivity index (χ4n) is 5.34. The lowest BCUT2D eigenvalue weighted by atomic mass is 10.0. The summed E-state index contributed by atoms with van der Waals surface area (Å²) < 4.78 is 4.18. The monoisotopic (exact) mass is 592 g/mol. The summed E-state index contributed by atoms with van der Waals surface area (Å²) in [5.74, 6) is -0.144. The fraction of sp³-hybridized carbons (Fsp3) is 0.438. The average Bonchev–Trinajstić information content (AvgIpc) is 3.02. The maximum absolute atomic E-state index is 13.6. The molecule has 0 spiro atoms. The minimum absolute atomic E-state index is 0.0250. The zero-order valence-corrected chi connectivity index (χ0v) is 25.2. The van der Waals surface area contributed by atoms with Gasteiger partial charge in [0.1, 0.15) is 18.8 Å². The number of urea groups is 1. The number of ether oxygens (including phenoxy) is 1. The largest absolute Gasteiger partial charge is 0.464 e. The number of likely N-dealkylation sites (N-methyl/N-ethyl adjacent to an activating group) is 1. The summed E-state index contributed by atoms with van der Waals surface area (Å²) in [4.78, 5) is 53.0. The smallest absolute Gasteiger partial charge is 0.334 e. The van der Waals surface area contributed by atoms with Crippen LogP contribution in [0.5, 0.6) is 0 Å². The van der Waals surface area contributed by atoms with Gasteiger partial charge in [0, 0.05) is 20.1 Å². The number of hydrogen-bond donors (Lipinski definition) is 2. The van der Waals surface area contributed by atoms with E-state index in [9.17, 15) is 19.2 Å². The molecular formula is C32H44N6O5. The van der Waals surface area contributed by atoms with Gasteiger partial charge in [0.25, 0.3) is 6.47 Å². The molecule has 2 heterocycles. The van der Waals surface area contributed by atoms with Crippen LogP contribution < -0.4 is 10.6 Å². The van der Waals surface area contributed by atoms with Gasteiger partial charge in [0.15, 0.2) is 0 Å². The summed E-state index contributed by atoms with van der Waals surface area (Å²) in [6.07, 6.45) is 3.96. The normalized spacial score (nSPS) is 18.3. The highest BCUT2D eigenvalue weighted by molar-refractivity contribution is 5.91. The molecule has 1 unspecified atom stereocenters. The van der Waals surface area contributed by atoms with Gasteiger partial charge in [0.05, 0.1) is 13.1 Å². The molecule has 11 heteroatoms. The molecule has 2 aromatic rings. The molecule has 2 N–H and O–H groups in total. The molecule has 0 bridgehead atoms. The van der Waals surface area contributed by atoms with E-state index in [0.29, 0.717) is 39.1 Å². The molecule has 4 amide bonds. The molecule has 0 aliphatic carbocycles. The molecule has 2 aromatic carbocycles. The van der Waals surface area contributed by atoms with Crippen molar-refractivity contribution in [2.24, 2.45) is 0 Å². The Balaban J connectivity index is 0.000000765. The number of piperazine rings is 1. The Hall–Kier alpha value is -4.22. The quantitative estimate of drug-likeness (QED) is 0.209. The Morgan fingerprint density at radius 2 is 1.72 bits per heavy atom. The highest BCUT2D eigenvalue weighted by atomic mass is 16.5. The van der Waals surface area contributed by atoms with Gasteiger partial charge in [-0.3, -0.25) is 14.4 Å². The summed E-state index contributed by atoms with van der Waals surface area (Å²) in [6.45, 7) is 6.09. The van der Waals surface area contributed by atoms with Crippen molar-refractivity contribution in [2.75, 3.05) is 46.9 Å². The van der Waals surface area contributed by atoms with Gasteiger partial charge in [-0.25, -0.2) is 14.8 Å². The van der Waals surface area contributed by atoms with Gasteiger partial charge in [0.2, 0.25) is 11.8 Å². The van der Waals surface area contributed by atoms with E-state index in [1.165, 1.54) is 11.6 Å². The number of carbonyl (C=O) groups is 4. The predicted molar refractivity (Wildman–Crippen MR) is 164 cm³/mol. The first-order valence-corrected chi connectivity index (χ1v) is 14.7. The summed E-state index contributed by atoms with van der Waals surface area (Å²) >= 11 is 0. The van der Waals surface area contributed by atoms with Crippen LogP contribution in [0, 0.1) is 0 Å². The van der Waals surface area contributed by atoms with Crippen LogP contribution >= 0.6 is 0 Å². The number of amides is 4. The number of rotatable bonds is 13. The molecule has 2 aliphatic heterocycles. The zero-order chi connectivity index (χ0) is 31.0. The first-order chi connectivity index (χ1) is 20.9. The maximum Gasteiger partial charge on any atom is 0.334 e. The van der Waals surface area contributed by atoms with E-state index in [0.717, 1.165) is 31.4 Å². The van der Waals surface area contributed by atoms with Crippen molar-refractivity contribution >= 4 is 24.3 Å². The summed E-state index contributed by atoms with van der Waals surface area (Å²) in [7, 11) is 3.63. The number of hydrazine groups is 1. The van der Waals surface area contributed by atoms with Crippen molar-refractivity contribution in [1.29, 1.82) is 0 Å². The maximum atomic E-state index is 13.6. The number of aryl methyl sites for hydroxylation is 1. The van der Waals surface area contributed by atoms with Gasteiger partial charge in [-0.05, 0) is 50.4 Å². The Labute approximate surface area is 254 Å². The van der Waals surface area contributed by atoms with Crippen molar-refractivity contribution in [1.82, 2.24) is 30.5 Å². The standard InChI is InChI=1S/C28H38N6O3.C4H6O2/c1-29-17-9-16-24-27(36)32(18-10-15-22-11-5-3-6-12-22)20-25-33(24)26(35)21-31(2)34(25)28(37)30-19-23-13-7-4-8-14-23;1-2-3-6-4-5/h3-8,11-14,24-25,29H,9-10,15-21H2,1-2H3,(H,30,37);2,4H,1,3H2/t24-,25?;/m0./s1. The van der Waals surface area contributed by atoms with Gasteiger partial charge in [-0.1, -0.05) is 73.3 Å². The Kier molecular flexibility index (Phi) is 13.7. The second-order valence-electron chi connectivity index (χ2n) is 10.4. The molecule has 11 nitrogen and oxygen atoms in total. The lowest BCUT2D eigenvalue weighted by Gasteiger charge is -2.54. The van der Waals surface area contributed by atoms with Gasteiger partial charge < -0.3 is 25.2 Å². The van der Waals surface area contributed by atoms with Gasteiger partial charge in [-0.2, -0.15) is 0 Å². The third-order valence-electron chi connectivity index (χ3n) is 7.36. The second kappa shape index (κ2) is 17.7. The Morgan fingerprint density at radius 1 is 1.05 bits per heavy atom. The van der Waals surface area contributed by atoms with Crippen LogP contribution in [0.3, 0.4) is 0 Å². The van der Waals surface area contributed by atoms with Crippen LogP contribution in [0.25, 0.3) is 0 Å². The van der Waals surface area contributed by atoms with E-state index >= 15 is 0 Å². The average molecular weight is 593 g/mol. The van der Waals surface area contributed by atoms with E-state index in [1.807, 2.05) is 60.5 Å². The van der Waals surface area contributed by atoms with Gasteiger partial charge in [-0.15, -0.1) is 0 Å². The van der Waals surface area contributed by atoms with Crippen LogP contribution in [0.2, 0.25) is 0 Å². The summed E-state index contributed by atoms with van der Waals surface area (Å²) in [5.41, 5.74) is 2.23. The number of hydrogen-bond acceptors (Lipinski definition) is 7. The Bertz CT molecular complexity index is 1170. The minimum Gasteiger partial charge on any atom is -0.464 e. The van der Waals surface area contributed by atoms with E-state index in [1.54, 1.807) is 22.0 Å². The van der Waals surface area contributed by atoms with E-state index in [-0.39, 0.29) is 24.4 Å². The third-order valence-corrected chi connectivity index (χ3v) is 7.36. The molecule has 232 valence electrons. The molecule has 0 saturated carbocycles. The molecule has 2 fully saturated rings. The lowest BCUT2D eigenvalue weighted by Crippen LogP contribution is -2.76. The van der Waals surface area contributed by atoms with Crippen LogP contribution in [0.15, 0.2) is 73.3 Å². The number of nitrogens with zero attached hydrogens (tertiary/aromatic N) is 4. The second-order valence-corrected chi connectivity index (χ2v) is 10.4. The van der Waals surface area contributed by atoms with E-state index in [2.05, 4.69) is 34.1 Å². The first-order valence-electron chi connectivity index (χ1n) is 14.7. The first kappa shape index (κ1) is 33.3. The Morgan fingerprint density at radius 3 is 2.33 bits per heavy atom. The number of fused-ring (bicyclic) bond motifs is 1. The molecule has 2 saturated heterocycles. The predicted octanol–water partition coefficient (Wildman–Crippen LogP) is 2.40. The molecule has 0 radical (unpaired) electrons. The molecule has 0 aromatic heterocycles. The van der Waals surface area contributed by atoms with Crippen LogP contribution in [0.4, 0.5) is 4.79 Å². The number of carbonyl (C=O) groups excluding carboxylic acids is 4. The number of benzene rings is 2. The van der Waals surface area contributed by atoms with Crippen molar-refractivity contribution in [2.45, 2.75) is 44.4 Å². The summed E-state index contributed by atoms with van der Waals surface area (Å²) in [5, 5.41) is 9.41. The van der Waals surface area contributed by atoms with E-state index < -0.39 is 12.2 Å². The SMILES string of the molecule is C=CCOC=O.CNCCC[C@H]1C(=O)N(CCCc2ccccc2)CC2N1C(=O)CN(C)N2C(=O)NCc1ccccc1.